The Hall–Kier alpha value is -1.34. The van der Waals surface area contributed by atoms with Gasteiger partial charge in [0, 0.05) is 58.7 Å². The molecule has 0 unspecified atom stereocenters. The van der Waals surface area contributed by atoms with Crippen LogP contribution in [0, 0.1) is 0 Å². The lowest BCUT2D eigenvalue weighted by molar-refractivity contribution is -0.140. The van der Waals surface area contributed by atoms with Crippen LogP contribution in [-0.4, -0.2) is 103 Å². The van der Waals surface area contributed by atoms with Crippen LogP contribution in [0.1, 0.15) is 52.4 Å². The number of carbonyl (C=O) groups excluding carboxylic acids is 2. The fraction of sp³-hybridized carbons (Fsp3) is 0.905. The highest BCUT2D eigenvalue weighted by molar-refractivity contribution is 5.81. The molecule has 0 aromatic heterocycles. The molecule has 0 N–H and O–H groups in total. The molecule has 7 nitrogen and oxygen atoms in total. The second-order valence-corrected chi connectivity index (χ2v) is 8.87. The number of hydrogen-bond acceptors (Lipinski definition) is 5. The molecule has 3 heterocycles. The van der Waals surface area contributed by atoms with Gasteiger partial charge < -0.3 is 19.4 Å². The van der Waals surface area contributed by atoms with Gasteiger partial charge in [0.2, 0.25) is 5.91 Å². The van der Waals surface area contributed by atoms with Gasteiger partial charge in [0.1, 0.15) is 5.60 Å². The first-order chi connectivity index (χ1) is 13.4. The zero-order valence-electron chi connectivity index (χ0n) is 18.0. The van der Waals surface area contributed by atoms with Crippen molar-refractivity contribution in [3.63, 3.8) is 0 Å². The van der Waals surface area contributed by atoms with Gasteiger partial charge in [-0.15, -0.1) is 0 Å². The van der Waals surface area contributed by atoms with E-state index in [1.54, 1.807) is 0 Å². The SMILES string of the molecule is CCCCCCN1CC2(CCN(C(=O)[C@@H](C)N3CCN(C)CC3)CC2)OC1=O. The lowest BCUT2D eigenvalue weighted by Crippen LogP contribution is -2.56. The van der Waals surface area contributed by atoms with E-state index in [1.165, 1.54) is 19.3 Å². The molecule has 3 rings (SSSR count). The van der Waals surface area contributed by atoms with E-state index >= 15 is 0 Å². The fourth-order valence-electron chi connectivity index (χ4n) is 4.62. The summed E-state index contributed by atoms with van der Waals surface area (Å²) in [5, 5.41) is 0. The zero-order chi connectivity index (χ0) is 20.1. The number of amides is 2. The molecule has 7 heteroatoms. The molecule has 0 aromatic rings. The van der Waals surface area contributed by atoms with E-state index < -0.39 is 0 Å². The molecule has 0 aromatic carbocycles. The Kier molecular flexibility index (Phi) is 7.20. The number of piperazine rings is 1. The van der Waals surface area contributed by atoms with Crippen LogP contribution in [0.3, 0.4) is 0 Å². The largest absolute Gasteiger partial charge is 0.441 e. The van der Waals surface area contributed by atoms with Crippen molar-refractivity contribution in [2.24, 2.45) is 0 Å². The minimum Gasteiger partial charge on any atom is -0.441 e. The van der Waals surface area contributed by atoms with Gasteiger partial charge in [-0.05, 0) is 20.4 Å². The Labute approximate surface area is 169 Å². The van der Waals surface area contributed by atoms with Crippen molar-refractivity contribution in [2.75, 3.05) is 59.4 Å². The number of likely N-dealkylation sites (tertiary alicyclic amines) is 1. The third-order valence-corrected chi connectivity index (χ3v) is 6.75. The summed E-state index contributed by atoms with van der Waals surface area (Å²) in [6, 6.07) is -0.0658. The first-order valence-electron chi connectivity index (χ1n) is 11.1. The molecule has 3 fully saturated rings. The van der Waals surface area contributed by atoms with E-state index in [-0.39, 0.29) is 23.6 Å². The minimum atomic E-state index is -0.379. The van der Waals surface area contributed by atoms with Crippen molar-refractivity contribution in [3.8, 4) is 0 Å². The number of likely N-dealkylation sites (N-methyl/N-ethyl adjacent to an activating group) is 1. The Balaban J connectivity index is 1.46. The van der Waals surface area contributed by atoms with Gasteiger partial charge in [-0.1, -0.05) is 26.2 Å². The van der Waals surface area contributed by atoms with E-state index in [2.05, 4.69) is 23.8 Å². The van der Waals surface area contributed by atoms with Crippen LogP contribution in [0.4, 0.5) is 4.79 Å². The Morgan fingerprint density at radius 3 is 2.39 bits per heavy atom. The molecular formula is C21H38N4O3. The Morgan fingerprint density at radius 2 is 1.75 bits per heavy atom. The number of piperidine rings is 1. The van der Waals surface area contributed by atoms with Crippen LogP contribution < -0.4 is 0 Å². The van der Waals surface area contributed by atoms with Gasteiger partial charge in [-0.25, -0.2) is 4.79 Å². The summed E-state index contributed by atoms with van der Waals surface area (Å²) < 4.78 is 5.81. The first kappa shape index (κ1) is 21.4. The summed E-state index contributed by atoms with van der Waals surface area (Å²) >= 11 is 0. The number of nitrogens with zero attached hydrogens (tertiary/aromatic N) is 4. The number of unbranched alkanes of at least 4 members (excludes halogenated alkanes) is 3. The first-order valence-corrected chi connectivity index (χ1v) is 11.1. The summed E-state index contributed by atoms with van der Waals surface area (Å²) in [4.78, 5) is 33.7. The molecule has 1 spiro atoms. The van der Waals surface area contributed by atoms with Gasteiger partial charge in [0.15, 0.2) is 0 Å². The van der Waals surface area contributed by atoms with Crippen molar-refractivity contribution >= 4 is 12.0 Å². The molecule has 3 aliphatic rings. The quantitative estimate of drug-likeness (QED) is 0.619. The molecule has 0 radical (unpaired) electrons. The molecule has 160 valence electrons. The summed E-state index contributed by atoms with van der Waals surface area (Å²) in [7, 11) is 2.13. The molecular weight excluding hydrogens is 356 g/mol. The molecule has 0 saturated carbocycles. The number of rotatable bonds is 7. The monoisotopic (exact) mass is 394 g/mol. The highest BCUT2D eigenvalue weighted by atomic mass is 16.6. The van der Waals surface area contributed by atoms with Gasteiger partial charge in [-0.2, -0.15) is 0 Å². The second-order valence-electron chi connectivity index (χ2n) is 8.87. The van der Waals surface area contributed by atoms with E-state index in [1.807, 2.05) is 16.7 Å². The predicted octanol–water partition coefficient (Wildman–Crippen LogP) is 2.02. The number of carbonyl (C=O) groups is 2. The normalized spacial score (nSPS) is 24.6. The second kappa shape index (κ2) is 9.44. The highest BCUT2D eigenvalue weighted by Crippen LogP contribution is 2.33. The summed E-state index contributed by atoms with van der Waals surface area (Å²) in [6.07, 6.45) is 5.98. The van der Waals surface area contributed by atoms with Gasteiger partial charge >= 0.3 is 6.09 Å². The topological polar surface area (TPSA) is 56.3 Å². The zero-order valence-corrected chi connectivity index (χ0v) is 18.0. The molecule has 3 aliphatic heterocycles. The molecule has 2 amide bonds. The van der Waals surface area contributed by atoms with Crippen LogP contribution >= 0.6 is 0 Å². The molecule has 28 heavy (non-hydrogen) atoms. The Morgan fingerprint density at radius 1 is 1.07 bits per heavy atom. The smallest absolute Gasteiger partial charge is 0.410 e. The van der Waals surface area contributed by atoms with Crippen molar-refractivity contribution in [3.05, 3.63) is 0 Å². The van der Waals surface area contributed by atoms with Gasteiger partial charge in [-0.3, -0.25) is 9.69 Å². The number of hydrogen-bond donors (Lipinski definition) is 0. The van der Waals surface area contributed by atoms with Gasteiger partial charge in [0.25, 0.3) is 0 Å². The summed E-state index contributed by atoms with van der Waals surface area (Å²) in [6.45, 7) is 11.0. The van der Waals surface area contributed by atoms with Crippen molar-refractivity contribution in [2.45, 2.75) is 64.0 Å². The van der Waals surface area contributed by atoms with Crippen molar-refractivity contribution < 1.29 is 14.3 Å². The maximum atomic E-state index is 13.0. The van der Waals surface area contributed by atoms with Crippen LogP contribution in [0.15, 0.2) is 0 Å². The molecule has 0 aliphatic carbocycles. The third kappa shape index (κ3) is 4.98. The van der Waals surface area contributed by atoms with Crippen molar-refractivity contribution in [1.29, 1.82) is 0 Å². The lowest BCUT2D eigenvalue weighted by atomic mass is 9.91. The van der Waals surface area contributed by atoms with Crippen LogP contribution in [0.5, 0.6) is 0 Å². The molecule has 0 bridgehead atoms. The molecule has 1 atom stereocenters. The molecule has 3 saturated heterocycles. The highest BCUT2D eigenvalue weighted by Gasteiger charge is 2.47. The maximum absolute atomic E-state index is 13.0. The Bertz CT molecular complexity index is 540. The lowest BCUT2D eigenvalue weighted by Gasteiger charge is -2.41. The third-order valence-electron chi connectivity index (χ3n) is 6.75. The predicted molar refractivity (Wildman–Crippen MR) is 109 cm³/mol. The standard InChI is InChI=1S/C21H38N4O3/c1-4-5-6-7-10-25-17-21(28-20(25)27)8-11-24(12-9-21)19(26)18(2)23-15-13-22(3)14-16-23/h18H,4-17H2,1-3H3/t18-/m1/s1. The summed E-state index contributed by atoms with van der Waals surface area (Å²) in [5.41, 5.74) is -0.379. The van der Waals surface area contributed by atoms with Gasteiger partial charge in [0.05, 0.1) is 12.6 Å². The maximum Gasteiger partial charge on any atom is 0.410 e. The minimum absolute atomic E-state index is 0.0658. The number of ether oxygens (including phenoxy) is 1. The van der Waals surface area contributed by atoms with Crippen molar-refractivity contribution in [1.82, 2.24) is 19.6 Å². The van der Waals surface area contributed by atoms with E-state index in [0.29, 0.717) is 19.6 Å². The average Bonchev–Trinajstić information content (AvgIpc) is 3.00. The van der Waals surface area contributed by atoms with E-state index in [9.17, 15) is 9.59 Å². The van der Waals surface area contributed by atoms with E-state index in [4.69, 9.17) is 4.74 Å². The fourth-order valence-corrected chi connectivity index (χ4v) is 4.62. The summed E-state index contributed by atoms with van der Waals surface area (Å²) in [5.74, 6) is 0.222. The van der Waals surface area contributed by atoms with Crippen LogP contribution in [-0.2, 0) is 9.53 Å². The average molecular weight is 395 g/mol. The van der Waals surface area contributed by atoms with Crippen LogP contribution in [0.25, 0.3) is 0 Å². The van der Waals surface area contributed by atoms with E-state index in [0.717, 1.165) is 52.0 Å². The van der Waals surface area contributed by atoms with Crippen LogP contribution in [0.2, 0.25) is 0 Å².